The highest BCUT2D eigenvalue weighted by atomic mass is 16.2. The van der Waals surface area contributed by atoms with Crippen molar-refractivity contribution in [3.63, 3.8) is 0 Å². The number of aryl methyl sites for hydroxylation is 1. The highest BCUT2D eigenvalue weighted by Crippen LogP contribution is 2.23. The van der Waals surface area contributed by atoms with Crippen LogP contribution in [0, 0.1) is 6.92 Å². The summed E-state index contributed by atoms with van der Waals surface area (Å²) in [4.78, 5) is 26.1. The fourth-order valence-corrected chi connectivity index (χ4v) is 2.90. The number of nitrogens with one attached hydrogen (secondary N) is 1. The van der Waals surface area contributed by atoms with Crippen LogP contribution in [0.5, 0.6) is 0 Å². The summed E-state index contributed by atoms with van der Waals surface area (Å²) in [5, 5.41) is 2.98. The standard InChI is InChI=1S/C22H28N2O2/c1-16(2)20-11-7-8-12-21(20)23-22(26)13-14-24(18(4)25)15-19-10-6-5-9-17(19)3/h5-12,16H,13-15H2,1-4H3,(H,23,26). The minimum atomic E-state index is -0.0749. The van der Waals surface area contributed by atoms with E-state index in [1.807, 2.05) is 55.5 Å². The third-order valence-corrected chi connectivity index (χ3v) is 4.53. The van der Waals surface area contributed by atoms with Crippen LogP contribution >= 0.6 is 0 Å². The molecular formula is C22H28N2O2. The first-order valence-electron chi connectivity index (χ1n) is 9.07. The van der Waals surface area contributed by atoms with Crippen LogP contribution in [-0.4, -0.2) is 23.3 Å². The lowest BCUT2D eigenvalue weighted by atomic mass is 10.0. The monoisotopic (exact) mass is 352 g/mol. The molecular weight excluding hydrogens is 324 g/mol. The maximum Gasteiger partial charge on any atom is 0.226 e. The molecule has 2 aromatic carbocycles. The molecule has 2 amide bonds. The molecule has 1 N–H and O–H groups in total. The van der Waals surface area contributed by atoms with Gasteiger partial charge in [-0.05, 0) is 35.6 Å². The van der Waals surface area contributed by atoms with Crippen LogP contribution in [-0.2, 0) is 16.1 Å². The van der Waals surface area contributed by atoms with E-state index >= 15 is 0 Å². The number of hydrogen-bond donors (Lipinski definition) is 1. The maximum atomic E-state index is 12.4. The van der Waals surface area contributed by atoms with E-state index in [0.29, 0.717) is 19.0 Å². The van der Waals surface area contributed by atoms with Crippen LogP contribution in [0.15, 0.2) is 48.5 Å². The first-order valence-corrected chi connectivity index (χ1v) is 9.07. The fourth-order valence-electron chi connectivity index (χ4n) is 2.90. The molecule has 2 rings (SSSR count). The summed E-state index contributed by atoms with van der Waals surface area (Å²) in [7, 11) is 0. The van der Waals surface area contributed by atoms with Crippen LogP contribution in [0.1, 0.15) is 49.8 Å². The van der Waals surface area contributed by atoms with Crippen molar-refractivity contribution in [1.82, 2.24) is 4.90 Å². The minimum Gasteiger partial charge on any atom is -0.338 e. The molecule has 0 aromatic heterocycles. The number of rotatable bonds is 7. The van der Waals surface area contributed by atoms with Gasteiger partial charge in [0.2, 0.25) is 11.8 Å². The second-order valence-electron chi connectivity index (χ2n) is 6.91. The Hall–Kier alpha value is -2.62. The molecule has 4 heteroatoms. The largest absolute Gasteiger partial charge is 0.338 e. The summed E-state index contributed by atoms with van der Waals surface area (Å²) in [5.74, 6) is 0.235. The van der Waals surface area contributed by atoms with E-state index in [1.54, 1.807) is 11.8 Å². The van der Waals surface area contributed by atoms with Crippen molar-refractivity contribution >= 4 is 17.5 Å². The van der Waals surface area contributed by atoms with Gasteiger partial charge in [0.15, 0.2) is 0 Å². The van der Waals surface area contributed by atoms with Crippen LogP contribution in [0.3, 0.4) is 0 Å². The molecule has 138 valence electrons. The number of benzene rings is 2. The normalized spacial score (nSPS) is 10.7. The fraction of sp³-hybridized carbons (Fsp3) is 0.364. The lowest BCUT2D eigenvalue weighted by Crippen LogP contribution is -2.31. The summed E-state index contributed by atoms with van der Waals surface area (Å²) < 4.78 is 0. The molecule has 0 aliphatic heterocycles. The van der Waals surface area contributed by atoms with Gasteiger partial charge in [-0.15, -0.1) is 0 Å². The zero-order chi connectivity index (χ0) is 19.1. The van der Waals surface area contributed by atoms with Crippen molar-refractivity contribution in [2.45, 2.75) is 46.6 Å². The van der Waals surface area contributed by atoms with Gasteiger partial charge >= 0.3 is 0 Å². The van der Waals surface area contributed by atoms with Gasteiger partial charge in [-0.2, -0.15) is 0 Å². The van der Waals surface area contributed by atoms with Gasteiger partial charge in [0.1, 0.15) is 0 Å². The average molecular weight is 352 g/mol. The minimum absolute atomic E-state index is 0.0244. The number of carbonyl (C=O) groups is 2. The van der Waals surface area contributed by atoms with Gasteiger partial charge in [0.25, 0.3) is 0 Å². The first kappa shape index (κ1) is 19.7. The van der Waals surface area contributed by atoms with Crippen molar-refractivity contribution < 1.29 is 9.59 Å². The lowest BCUT2D eigenvalue weighted by molar-refractivity contribution is -0.129. The molecule has 0 fully saturated rings. The Balaban J connectivity index is 1.98. The van der Waals surface area contributed by atoms with Crippen molar-refractivity contribution in [2.24, 2.45) is 0 Å². The van der Waals surface area contributed by atoms with Gasteiger partial charge in [-0.25, -0.2) is 0 Å². The highest BCUT2D eigenvalue weighted by molar-refractivity contribution is 5.92. The second kappa shape index (κ2) is 9.18. The number of amides is 2. The summed E-state index contributed by atoms with van der Waals surface area (Å²) in [6.07, 6.45) is 0.276. The molecule has 0 aliphatic carbocycles. The van der Waals surface area contributed by atoms with Gasteiger partial charge in [-0.3, -0.25) is 9.59 Å². The summed E-state index contributed by atoms with van der Waals surface area (Å²) in [6.45, 7) is 8.71. The number of anilines is 1. The molecule has 0 saturated carbocycles. The summed E-state index contributed by atoms with van der Waals surface area (Å²) in [6, 6.07) is 15.8. The van der Waals surface area contributed by atoms with Gasteiger partial charge in [0, 0.05) is 32.1 Å². The number of hydrogen-bond acceptors (Lipinski definition) is 2. The molecule has 0 atom stereocenters. The lowest BCUT2D eigenvalue weighted by Gasteiger charge is -2.22. The molecule has 0 bridgehead atoms. The van der Waals surface area contributed by atoms with Gasteiger partial charge in [-0.1, -0.05) is 56.3 Å². The summed E-state index contributed by atoms with van der Waals surface area (Å²) in [5.41, 5.74) is 4.22. The number of para-hydroxylation sites is 1. The van der Waals surface area contributed by atoms with Crippen LogP contribution < -0.4 is 5.32 Å². The molecule has 2 aromatic rings. The first-order chi connectivity index (χ1) is 12.4. The van der Waals surface area contributed by atoms with Gasteiger partial charge < -0.3 is 10.2 Å². The molecule has 0 radical (unpaired) electrons. The SMILES string of the molecule is CC(=O)N(CCC(=O)Nc1ccccc1C(C)C)Cc1ccccc1C. The zero-order valence-electron chi connectivity index (χ0n) is 16.1. The second-order valence-corrected chi connectivity index (χ2v) is 6.91. The van der Waals surface area contributed by atoms with E-state index in [9.17, 15) is 9.59 Å². The Bertz CT molecular complexity index is 768. The maximum absolute atomic E-state index is 12.4. The topological polar surface area (TPSA) is 49.4 Å². The van der Waals surface area contributed by atoms with Crippen molar-refractivity contribution in [3.05, 3.63) is 65.2 Å². The van der Waals surface area contributed by atoms with Crippen LogP contribution in [0.4, 0.5) is 5.69 Å². The molecule has 4 nitrogen and oxygen atoms in total. The molecule has 0 spiro atoms. The average Bonchev–Trinajstić information content (AvgIpc) is 2.60. The molecule has 0 aliphatic rings. The van der Waals surface area contributed by atoms with Crippen molar-refractivity contribution in [3.8, 4) is 0 Å². The van der Waals surface area contributed by atoms with E-state index in [1.165, 1.54) is 0 Å². The van der Waals surface area contributed by atoms with E-state index in [-0.39, 0.29) is 18.2 Å². The van der Waals surface area contributed by atoms with E-state index in [2.05, 4.69) is 19.2 Å². The van der Waals surface area contributed by atoms with E-state index < -0.39 is 0 Å². The number of nitrogens with zero attached hydrogens (tertiary/aromatic N) is 1. The number of carbonyl (C=O) groups excluding carboxylic acids is 2. The third-order valence-electron chi connectivity index (χ3n) is 4.53. The van der Waals surface area contributed by atoms with Gasteiger partial charge in [0.05, 0.1) is 0 Å². The molecule has 0 saturated heterocycles. The Morgan fingerprint density at radius 1 is 1.04 bits per heavy atom. The zero-order valence-corrected chi connectivity index (χ0v) is 16.1. The highest BCUT2D eigenvalue weighted by Gasteiger charge is 2.14. The van der Waals surface area contributed by atoms with Crippen molar-refractivity contribution in [2.75, 3.05) is 11.9 Å². The Morgan fingerprint density at radius 2 is 1.69 bits per heavy atom. The van der Waals surface area contributed by atoms with Crippen LogP contribution in [0.2, 0.25) is 0 Å². The Kier molecular flexibility index (Phi) is 6.96. The van der Waals surface area contributed by atoms with E-state index in [0.717, 1.165) is 22.4 Å². The smallest absolute Gasteiger partial charge is 0.226 e. The summed E-state index contributed by atoms with van der Waals surface area (Å²) >= 11 is 0. The quantitative estimate of drug-likeness (QED) is 0.798. The molecule has 0 unspecified atom stereocenters. The Labute approximate surface area is 156 Å². The predicted molar refractivity (Wildman–Crippen MR) is 106 cm³/mol. The van der Waals surface area contributed by atoms with Crippen LogP contribution in [0.25, 0.3) is 0 Å². The predicted octanol–water partition coefficient (Wildman–Crippen LogP) is 4.50. The van der Waals surface area contributed by atoms with Crippen molar-refractivity contribution in [1.29, 1.82) is 0 Å². The van der Waals surface area contributed by atoms with E-state index in [4.69, 9.17) is 0 Å². The Morgan fingerprint density at radius 3 is 2.35 bits per heavy atom. The third kappa shape index (κ3) is 5.45. The molecule has 26 heavy (non-hydrogen) atoms. The molecule has 0 heterocycles.